The van der Waals surface area contributed by atoms with E-state index in [1.807, 2.05) is 6.92 Å². The van der Waals surface area contributed by atoms with E-state index in [4.69, 9.17) is 9.84 Å². The minimum atomic E-state index is -1.03. The molecule has 1 unspecified atom stereocenters. The van der Waals surface area contributed by atoms with Crippen molar-refractivity contribution in [1.82, 2.24) is 4.90 Å². The minimum Gasteiger partial charge on any atom is -0.465 e. The fourth-order valence-electron chi connectivity index (χ4n) is 1.26. The molecule has 0 bridgehead atoms. The lowest BCUT2D eigenvalue weighted by molar-refractivity contribution is -0.138. The lowest BCUT2D eigenvalue weighted by atomic mass is 10.0. The Morgan fingerprint density at radius 3 is 2.79 bits per heavy atom. The van der Waals surface area contributed by atoms with E-state index in [-0.39, 0.29) is 5.92 Å². The highest BCUT2D eigenvalue weighted by Crippen LogP contribution is 2.22. The van der Waals surface area contributed by atoms with E-state index in [0.29, 0.717) is 18.7 Å². The lowest BCUT2D eigenvalue weighted by Crippen LogP contribution is -2.31. The summed E-state index contributed by atoms with van der Waals surface area (Å²) in [5, 5.41) is 8.72. The van der Waals surface area contributed by atoms with Crippen LogP contribution in [0.3, 0.4) is 0 Å². The number of hydrogen-bond acceptors (Lipinski definition) is 3. The third-order valence-corrected chi connectivity index (χ3v) is 2.08. The Balaban J connectivity index is 2.76. The molecule has 0 aromatic heterocycles. The third kappa shape index (κ3) is 2.48. The first kappa shape index (κ1) is 10.6. The maximum Gasteiger partial charge on any atom is 0.411 e. The van der Waals surface area contributed by atoms with E-state index in [1.165, 1.54) is 13.1 Å². The number of carbonyl (C=O) groups excluding carboxylic acids is 1. The van der Waals surface area contributed by atoms with Crippen LogP contribution in [0, 0.1) is 5.92 Å². The number of carbonyl (C=O) groups is 2. The summed E-state index contributed by atoms with van der Waals surface area (Å²) < 4.78 is 4.90. The standard InChI is InChI=1S/C9H13NO4/c1-6-3-4-10(9(12)13)5-8(6)14-7(2)11/h5-6H,3-4H2,1-2H3,(H,12,13). The topological polar surface area (TPSA) is 66.8 Å². The van der Waals surface area contributed by atoms with Gasteiger partial charge in [-0.1, -0.05) is 6.92 Å². The van der Waals surface area contributed by atoms with E-state index in [9.17, 15) is 9.59 Å². The summed E-state index contributed by atoms with van der Waals surface area (Å²) in [6.07, 6.45) is 1.02. The Kier molecular flexibility index (Phi) is 3.11. The zero-order chi connectivity index (χ0) is 10.7. The van der Waals surface area contributed by atoms with Gasteiger partial charge in [0.1, 0.15) is 5.76 Å². The van der Waals surface area contributed by atoms with Crippen LogP contribution in [0.5, 0.6) is 0 Å². The van der Waals surface area contributed by atoms with E-state index in [0.717, 1.165) is 4.90 Å². The predicted octanol–water partition coefficient (Wildman–Crippen LogP) is 1.41. The molecule has 0 saturated heterocycles. The summed E-state index contributed by atoms with van der Waals surface area (Å²) in [6, 6.07) is 0. The molecule has 78 valence electrons. The molecule has 0 aliphatic carbocycles. The van der Waals surface area contributed by atoms with Crippen LogP contribution in [-0.2, 0) is 9.53 Å². The van der Waals surface area contributed by atoms with Crippen molar-refractivity contribution >= 4 is 12.1 Å². The summed E-state index contributed by atoms with van der Waals surface area (Å²) in [5.74, 6) is 0.0935. The number of rotatable bonds is 1. The Morgan fingerprint density at radius 1 is 1.64 bits per heavy atom. The number of allylic oxidation sites excluding steroid dienone is 1. The molecule has 0 radical (unpaired) electrons. The van der Waals surface area contributed by atoms with Crippen molar-refractivity contribution in [1.29, 1.82) is 0 Å². The molecule has 0 aromatic carbocycles. The van der Waals surface area contributed by atoms with Gasteiger partial charge in [-0.3, -0.25) is 9.69 Å². The fraction of sp³-hybridized carbons (Fsp3) is 0.556. The predicted molar refractivity (Wildman–Crippen MR) is 48.4 cm³/mol. The minimum absolute atomic E-state index is 0.0921. The van der Waals surface area contributed by atoms with Gasteiger partial charge in [-0.05, 0) is 6.42 Å². The molecule has 0 aromatic rings. The van der Waals surface area contributed by atoms with Crippen LogP contribution in [-0.4, -0.2) is 28.6 Å². The first-order valence-corrected chi connectivity index (χ1v) is 4.40. The number of carboxylic acid groups (broad SMARTS) is 1. The van der Waals surface area contributed by atoms with Gasteiger partial charge in [0.25, 0.3) is 0 Å². The monoisotopic (exact) mass is 199 g/mol. The molecule has 5 nitrogen and oxygen atoms in total. The molecular weight excluding hydrogens is 186 g/mol. The van der Waals surface area contributed by atoms with Crippen LogP contribution >= 0.6 is 0 Å². The largest absolute Gasteiger partial charge is 0.465 e. The summed E-state index contributed by atoms with van der Waals surface area (Å²) in [4.78, 5) is 22.5. The molecule has 0 spiro atoms. The van der Waals surface area contributed by atoms with Crippen LogP contribution in [0.25, 0.3) is 0 Å². The molecule has 1 aliphatic heterocycles. The molecular formula is C9H13NO4. The van der Waals surface area contributed by atoms with Crippen molar-refractivity contribution in [3.05, 3.63) is 12.0 Å². The van der Waals surface area contributed by atoms with Gasteiger partial charge in [-0.25, -0.2) is 4.79 Å². The number of ether oxygens (including phenoxy) is 1. The molecule has 1 rings (SSSR count). The second kappa shape index (κ2) is 4.13. The lowest BCUT2D eigenvalue weighted by Gasteiger charge is -2.26. The Hall–Kier alpha value is -1.52. The van der Waals surface area contributed by atoms with Crippen LogP contribution in [0.1, 0.15) is 20.3 Å². The highest BCUT2D eigenvalue weighted by molar-refractivity contribution is 5.69. The molecule has 14 heavy (non-hydrogen) atoms. The van der Waals surface area contributed by atoms with Gasteiger partial charge >= 0.3 is 12.1 Å². The van der Waals surface area contributed by atoms with Crippen molar-refractivity contribution < 1.29 is 19.4 Å². The maximum absolute atomic E-state index is 10.7. The molecule has 1 N–H and O–H groups in total. The SMILES string of the molecule is CC(=O)OC1=CN(C(=O)O)CCC1C. The van der Waals surface area contributed by atoms with Crippen molar-refractivity contribution in [2.75, 3.05) is 6.54 Å². The smallest absolute Gasteiger partial charge is 0.411 e. The van der Waals surface area contributed by atoms with Gasteiger partial charge in [0, 0.05) is 25.6 Å². The van der Waals surface area contributed by atoms with Crippen molar-refractivity contribution in [3.8, 4) is 0 Å². The van der Waals surface area contributed by atoms with Gasteiger partial charge in [0.15, 0.2) is 0 Å². The summed E-state index contributed by atoms with van der Waals surface area (Å²) in [5.41, 5.74) is 0. The molecule has 1 amide bonds. The van der Waals surface area contributed by atoms with Crippen LogP contribution in [0.2, 0.25) is 0 Å². The van der Waals surface area contributed by atoms with E-state index >= 15 is 0 Å². The number of nitrogens with zero attached hydrogens (tertiary/aromatic N) is 1. The van der Waals surface area contributed by atoms with Crippen LogP contribution in [0.4, 0.5) is 4.79 Å². The quantitative estimate of drug-likeness (QED) is 0.648. The molecule has 1 atom stereocenters. The number of esters is 1. The summed E-state index contributed by atoms with van der Waals surface area (Å²) in [6.45, 7) is 3.64. The fourth-order valence-corrected chi connectivity index (χ4v) is 1.26. The highest BCUT2D eigenvalue weighted by atomic mass is 16.5. The molecule has 0 fully saturated rings. The molecule has 1 aliphatic rings. The van der Waals surface area contributed by atoms with E-state index < -0.39 is 12.1 Å². The van der Waals surface area contributed by atoms with Crippen molar-refractivity contribution in [2.24, 2.45) is 5.92 Å². The maximum atomic E-state index is 10.7. The summed E-state index contributed by atoms with van der Waals surface area (Å²) >= 11 is 0. The van der Waals surface area contributed by atoms with E-state index in [2.05, 4.69) is 0 Å². The molecule has 1 heterocycles. The van der Waals surface area contributed by atoms with Crippen molar-refractivity contribution in [3.63, 3.8) is 0 Å². The van der Waals surface area contributed by atoms with Crippen LogP contribution in [0.15, 0.2) is 12.0 Å². The normalized spacial score (nSPS) is 21.4. The Labute approximate surface area is 82.0 Å². The average molecular weight is 199 g/mol. The van der Waals surface area contributed by atoms with Gasteiger partial charge in [0.05, 0.1) is 0 Å². The third-order valence-electron chi connectivity index (χ3n) is 2.08. The second-order valence-electron chi connectivity index (χ2n) is 3.29. The zero-order valence-corrected chi connectivity index (χ0v) is 8.19. The number of amides is 1. The van der Waals surface area contributed by atoms with Crippen molar-refractivity contribution in [2.45, 2.75) is 20.3 Å². The van der Waals surface area contributed by atoms with Gasteiger partial charge in [0.2, 0.25) is 0 Å². The Morgan fingerprint density at radius 2 is 2.29 bits per heavy atom. The number of hydrogen-bond donors (Lipinski definition) is 1. The summed E-state index contributed by atoms with van der Waals surface area (Å²) in [7, 11) is 0. The Bertz CT molecular complexity index is 285. The zero-order valence-electron chi connectivity index (χ0n) is 8.19. The molecule has 5 heteroatoms. The molecule has 0 saturated carbocycles. The van der Waals surface area contributed by atoms with Crippen LogP contribution < -0.4 is 0 Å². The van der Waals surface area contributed by atoms with Gasteiger partial charge < -0.3 is 9.84 Å². The van der Waals surface area contributed by atoms with E-state index in [1.54, 1.807) is 0 Å². The second-order valence-corrected chi connectivity index (χ2v) is 3.29. The van der Waals surface area contributed by atoms with Gasteiger partial charge in [-0.2, -0.15) is 0 Å². The average Bonchev–Trinajstić information content (AvgIpc) is 2.07. The van der Waals surface area contributed by atoms with Gasteiger partial charge in [-0.15, -0.1) is 0 Å². The highest BCUT2D eigenvalue weighted by Gasteiger charge is 2.23. The first-order chi connectivity index (χ1) is 6.50. The first-order valence-electron chi connectivity index (χ1n) is 4.40.